The maximum atomic E-state index is 11.8. The average molecular weight is 305 g/mol. The number of nitrogens with one attached hydrogen (secondary N) is 1. The van der Waals surface area contributed by atoms with E-state index in [0.717, 1.165) is 11.2 Å². The Morgan fingerprint density at radius 3 is 2.77 bits per heavy atom. The first kappa shape index (κ1) is 16.2. The molecule has 0 saturated carbocycles. The Bertz CT molecular complexity index is 661. The lowest BCUT2D eigenvalue weighted by molar-refractivity contribution is 0.0516. The van der Waals surface area contributed by atoms with Crippen molar-refractivity contribution in [3.63, 3.8) is 0 Å². The van der Waals surface area contributed by atoms with Crippen LogP contribution in [0.3, 0.4) is 0 Å². The van der Waals surface area contributed by atoms with Crippen LogP contribution in [0.2, 0.25) is 0 Å². The lowest BCUT2D eigenvalue weighted by atomic mass is 9.84. The number of hydrogen-bond acceptors (Lipinski definition) is 5. The van der Waals surface area contributed by atoms with E-state index in [1.165, 1.54) is 0 Å². The number of nitrogens with two attached hydrogens (primary N) is 1. The fourth-order valence-corrected chi connectivity index (χ4v) is 1.99. The summed E-state index contributed by atoms with van der Waals surface area (Å²) in [4.78, 5) is 16.2. The van der Waals surface area contributed by atoms with Crippen molar-refractivity contribution in [2.75, 3.05) is 13.1 Å². The second-order valence-electron chi connectivity index (χ2n) is 6.60. The fourth-order valence-electron chi connectivity index (χ4n) is 1.99. The van der Waals surface area contributed by atoms with Gasteiger partial charge in [-0.3, -0.25) is 0 Å². The maximum absolute atomic E-state index is 11.8. The summed E-state index contributed by atoms with van der Waals surface area (Å²) in [6, 6.07) is 1.82. The molecule has 0 spiro atoms. The second-order valence-corrected chi connectivity index (χ2v) is 6.60. The van der Waals surface area contributed by atoms with Gasteiger partial charge < -0.3 is 15.8 Å². The Balaban J connectivity index is 2.12. The molecule has 2 aromatic heterocycles. The van der Waals surface area contributed by atoms with Gasteiger partial charge in [-0.25, -0.2) is 14.3 Å². The average Bonchev–Trinajstić information content (AvgIpc) is 2.90. The molecule has 0 aliphatic rings. The van der Waals surface area contributed by atoms with E-state index in [2.05, 4.69) is 15.4 Å². The van der Waals surface area contributed by atoms with Crippen LogP contribution >= 0.6 is 0 Å². The van der Waals surface area contributed by atoms with Crippen LogP contribution in [0.25, 0.3) is 5.65 Å². The van der Waals surface area contributed by atoms with Crippen molar-refractivity contribution in [3.8, 4) is 0 Å². The molecule has 0 fully saturated rings. The first-order chi connectivity index (χ1) is 10.2. The molecule has 120 valence electrons. The third-order valence-electron chi connectivity index (χ3n) is 3.42. The highest BCUT2D eigenvalue weighted by Crippen LogP contribution is 2.21. The molecule has 0 bridgehead atoms. The van der Waals surface area contributed by atoms with Crippen LogP contribution in [-0.2, 0) is 10.2 Å². The Kier molecular flexibility index (Phi) is 4.37. The molecule has 7 heteroatoms. The molecule has 1 atom stereocenters. The zero-order valence-electron chi connectivity index (χ0n) is 13.5. The minimum absolute atomic E-state index is 0.354. The number of carbonyl (C=O) groups is 1. The third-order valence-corrected chi connectivity index (χ3v) is 3.42. The van der Waals surface area contributed by atoms with E-state index >= 15 is 0 Å². The van der Waals surface area contributed by atoms with Gasteiger partial charge in [-0.15, -0.1) is 0 Å². The van der Waals surface area contributed by atoms with Gasteiger partial charge in [-0.2, -0.15) is 5.10 Å². The molecule has 7 nitrogen and oxygen atoms in total. The maximum Gasteiger partial charge on any atom is 0.407 e. The van der Waals surface area contributed by atoms with E-state index in [0.29, 0.717) is 13.1 Å². The summed E-state index contributed by atoms with van der Waals surface area (Å²) >= 11 is 0. The Labute approximate surface area is 129 Å². The lowest BCUT2D eigenvalue weighted by Crippen LogP contribution is -2.45. The summed E-state index contributed by atoms with van der Waals surface area (Å²) in [5, 5.41) is 6.94. The largest absolute Gasteiger partial charge is 0.444 e. The quantitative estimate of drug-likeness (QED) is 0.892. The summed E-state index contributed by atoms with van der Waals surface area (Å²) in [6.45, 7) is 8.15. The highest BCUT2D eigenvalue weighted by Gasteiger charge is 2.28. The molecule has 0 aliphatic heterocycles. The number of nitrogens with zero attached hydrogens (tertiary/aromatic N) is 3. The van der Waals surface area contributed by atoms with Crippen LogP contribution < -0.4 is 11.1 Å². The standard InChI is InChI=1S/C15H23N5O2/c1-14(2,3)22-13(21)18-10-15(4,9-16)11-7-17-12-5-6-19-20(12)8-11/h5-8H,9-10,16H2,1-4H3,(H,18,21). The molecule has 1 unspecified atom stereocenters. The molecule has 2 rings (SSSR count). The summed E-state index contributed by atoms with van der Waals surface area (Å²) in [5.74, 6) is 0. The number of amides is 1. The number of ether oxygens (including phenoxy) is 1. The third kappa shape index (κ3) is 3.73. The van der Waals surface area contributed by atoms with Crippen LogP contribution in [0.1, 0.15) is 33.3 Å². The molecule has 0 radical (unpaired) electrons. The molecule has 1 amide bonds. The van der Waals surface area contributed by atoms with Gasteiger partial charge in [0.1, 0.15) is 5.60 Å². The summed E-state index contributed by atoms with van der Waals surface area (Å²) < 4.78 is 6.94. The first-order valence-electron chi connectivity index (χ1n) is 7.20. The lowest BCUT2D eigenvalue weighted by Gasteiger charge is -2.29. The highest BCUT2D eigenvalue weighted by molar-refractivity contribution is 5.67. The molecule has 2 heterocycles. The van der Waals surface area contributed by atoms with Gasteiger partial charge in [-0.05, 0) is 26.3 Å². The SMILES string of the molecule is CC(C)(C)OC(=O)NCC(C)(CN)c1cnc2ccnn2c1. The van der Waals surface area contributed by atoms with Gasteiger partial charge in [0.2, 0.25) is 0 Å². The van der Waals surface area contributed by atoms with Crippen molar-refractivity contribution in [2.24, 2.45) is 5.73 Å². The highest BCUT2D eigenvalue weighted by atomic mass is 16.6. The van der Waals surface area contributed by atoms with Crippen molar-refractivity contribution < 1.29 is 9.53 Å². The zero-order valence-corrected chi connectivity index (χ0v) is 13.5. The number of carbonyl (C=O) groups excluding carboxylic acids is 1. The second kappa shape index (κ2) is 5.92. The predicted molar refractivity (Wildman–Crippen MR) is 83.6 cm³/mol. The van der Waals surface area contributed by atoms with E-state index in [9.17, 15) is 4.79 Å². The van der Waals surface area contributed by atoms with Crippen LogP contribution in [0, 0.1) is 0 Å². The monoisotopic (exact) mass is 305 g/mol. The van der Waals surface area contributed by atoms with Gasteiger partial charge in [-0.1, -0.05) is 6.92 Å². The zero-order chi connectivity index (χ0) is 16.4. The Morgan fingerprint density at radius 1 is 1.41 bits per heavy atom. The molecular weight excluding hydrogens is 282 g/mol. The molecule has 22 heavy (non-hydrogen) atoms. The summed E-state index contributed by atoms with van der Waals surface area (Å²) in [5.41, 5.74) is 6.61. The molecular formula is C15H23N5O2. The van der Waals surface area contributed by atoms with Crippen molar-refractivity contribution >= 4 is 11.7 Å². The van der Waals surface area contributed by atoms with Crippen molar-refractivity contribution in [2.45, 2.75) is 38.7 Å². The molecule has 0 aromatic carbocycles. The predicted octanol–water partition coefficient (Wildman–Crippen LogP) is 1.47. The van der Waals surface area contributed by atoms with Gasteiger partial charge >= 0.3 is 6.09 Å². The normalized spacial score (nSPS) is 14.6. The minimum Gasteiger partial charge on any atom is -0.444 e. The van der Waals surface area contributed by atoms with Crippen molar-refractivity contribution in [1.29, 1.82) is 0 Å². The molecule has 0 aliphatic carbocycles. The van der Waals surface area contributed by atoms with Crippen LogP contribution in [0.5, 0.6) is 0 Å². The number of alkyl carbamates (subject to hydrolysis) is 1. The van der Waals surface area contributed by atoms with Crippen molar-refractivity contribution in [3.05, 3.63) is 30.2 Å². The topological polar surface area (TPSA) is 94.5 Å². The van der Waals surface area contributed by atoms with Gasteiger partial charge in [0, 0.05) is 37.0 Å². The minimum atomic E-state index is -0.529. The van der Waals surface area contributed by atoms with Gasteiger partial charge in [0.15, 0.2) is 5.65 Å². The van der Waals surface area contributed by atoms with Gasteiger partial charge in [0.05, 0.1) is 6.20 Å². The van der Waals surface area contributed by atoms with E-state index in [4.69, 9.17) is 10.5 Å². The van der Waals surface area contributed by atoms with Crippen LogP contribution in [0.4, 0.5) is 4.79 Å². The number of fused-ring (bicyclic) bond motifs is 1. The number of hydrogen-bond donors (Lipinski definition) is 2. The Morgan fingerprint density at radius 2 is 2.14 bits per heavy atom. The van der Waals surface area contributed by atoms with E-state index < -0.39 is 17.1 Å². The summed E-state index contributed by atoms with van der Waals surface area (Å²) in [7, 11) is 0. The van der Waals surface area contributed by atoms with E-state index in [-0.39, 0.29) is 0 Å². The molecule has 2 aromatic rings. The Hall–Kier alpha value is -2.15. The van der Waals surface area contributed by atoms with Crippen LogP contribution in [0.15, 0.2) is 24.7 Å². The summed E-state index contributed by atoms with van der Waals surface area (Å²) in [6.07, 6.45) is 4.87. The van der Waals surface area contributed by atoms with E-state index in [1.807, 2.05) is 40.0 Å². The van der Waals surface area contributed by atoms with Crippen LogP contribution in [-0.4, -0.2) is 39.4 Å². The van der Waals surface area contributed by atoms with E-state index in [1.54, 1.807) is 16.9 Å². The van der Waals surface area contributed by atoms with Gasteiger partial charge in [0.25, 0.3) is 0 Å². The number of aromatic nitrogens is 3. The molecule has 0 saturated heterocycles. The fraction of sp³-hybridized carbons (Fsp3) is 0.533. The number of rotatable bonds is 4. The first-order valence-corrected chi connectivity index (χ1v) is 7.20. The van der Waals surface area contributed by atoms with Crippen molar-refractivity contribution in [1.82, 2.24) is 19.9 Å². The molecule has 3 N–H and O–H groups in total. The smallest absolute Gasteiger partial charge is 0.407 e.